The molecule has 0 saturated carbocycles. The van der Waals surface area contributed by atoms with E-state index >= 15 is 0 Å². The van der Waals surface area contributed by atoms with E-state index in [0.29, 0.717) is 9.90 Å². The average molecular weight is 532 g/mol. The number of aromatic nitrogens is 2. The van der Waals surface area contributed by atoms with Crippen LogP contribution in [0.15, 0.2) is 40.7 Å². The third-order valence-corrected chi connectivity index (χ3v) is 6.49. The number of rotatable bonds is 7. The molecule has 0 atom stereocenters. The van der Waals surface area contributed by atoms with E-state index in [4.69, 9.17) is 11.6 Å². The quantitative estimate of drug-likeness (QED) is 0.180. The monoisotopic (exact) mass is 531 g/mol. The van der Waals surface area contributed by atoms with Crippen LogP contribution >= 0.6 is 34.7 Å². The van der Waals surface area contributed by atoms with Gasteiger partial charge in [-0.1, -0.05) is 40.8 Å². The number of thioether (sulfide) groups is 1. The number of amides is 2. The lowest BCUT2D eigenvalue weighted by Gasteiger charge is -2.11. The van der Waals surface area contributed by atoms with E-state index in [0.717, 1.165) is 47.4 Å². The Balaban J connectivity index is 1.58. The van der Waals surface area contributed by atoms with Crippen LogP contribution < -0.4 is 10.6 Å². The fourth-order valence-electron chi connectivity index (χ4n) is 2.55. The lowest BCUT2D eigenvalue weighted by Crippen LogP contribution is -2.15. The van der Waals surface area contributed by atoms with Gasteiger partial charge in [0.1, 0.15) is 0 Å². The molecule has 0 aliphatic carbocycles. The van der Waals surface area contributed by atoms with E-state index in [1.54, 1.807) is 6.92 Å². The van der Waals surface area contributed by atoms with E-state index < -0.39 is 28.5 Å². The molecule has 0 fully saturated rings. The zero-order chi connectivity index (χ0) is 25.0. The van der Waals surface area contributed by atoms with Gasteiger partial charge in [0.2, 0.25) is 11.0 Å². The zero-order valence-corrected chi connectivity index (χ0v) is 19.4. The number of nitro benzene ring substituents is 1. The van der Waals surface area contributed by atoms with E-state index in [1.807, 2.05) is 0 Å². The normalized spacial score (nSPS) is 11.2. The molecule has 0 bridgehead atoms. The van der Waals surface area contributed by atoms with Gasteiger partial charge in [-0.3, -0.25) is 25.0 Å². The molecule has 0 aliphatic rings. The number of alkyl halides is 3. The van der Waals surface area contributed by atoms with Crippen molar-refractivity contribution in [3.05, 3.63) is 68.2 Å². The van der Waals surface area contributed by atoms with Crippen molar-refractivity contribution in [1.82, 2.24) is 10.2 Å². The topological polar surface area (TPSA) is 127 Å². The number of aryl methyl sites for hydroxylation is 1. The number of carbonyl (C=O) groups excluding carboxylic acids is 2. The molecule has 0 aliphatic heterocycles. The third kappa shape index (κ3) is 6.42. The molecule has 2 amide bonds. The van der Waals surface area contributed by atoms with Gasteiger partial charge < -0.3 is 5.32 Å². The highest BCUT2D eigenvalue weighted by atomic mass is 35.5. The van der Waals surface area contributed by atoms with Gasteiger partial charge in [0.25, 0.3) is 11.6 Å². The van der Waals surface area contributed by atoms with Crippen LogP contribution in [0.25, 0.3) is 0 Å². The van der Waals surface area contributed by atoms with Crippen LogP contribution in [0.4, 0.5) is 29.7 Å². The molecule has 3 rings (SSSR count). The fraction of sp³-hybridized carbons (Fsp3) is 0.158. The molecule has 0 spiro atoms. The van der Waals surface area contributed by atoms with Crippen molar-refractivity contribution in [1.29, 1.82) is 0 Å². The van der Waals surface area contributed by atoms with Gasteiger partial charge in [0, 0.05) is 17.2 Å². The lowest BCUT2D eigenvalue weighted by molar-refractivity contribution is -0.385. The Bertz CT molecular complexity index is 1270. The van der Waals surface area contributed by atoms with Crippen molar-refractivity contribution in [3.63, 3.8) is 0 Å². The maximum Gasteiger partial charge on any atom is 0.416 e. The van der Waals surface area contributed by atoms with E-state index in [-0.39, 0.29) is 32.8 Å². The second-order valence-corrected chi connectivity index (χ2v) is 9.22. The van der Waals surface area contributed by atoms with Crippen molar-refractivity contribution >= 4 is 63.0 Å². The highest BCUT2D eigenvalue weighted by molar-refractivity contribution is 8.01. The van der Waals surface area contributed by atoms with Gasteiger partial charge in [0.15, 0.2) is 4.34 Å². The third-order valence-electron chi connectivity index (χ3n) is 4.19. The number of anilines is 2. The van der Waals surface area contributed by atoms with Crippen LogP contribution in [0.1, 0.15) is 21.5 Å². The summed E-state index contributed by atoms with van der Waals surface area (Å²) in [7, 11) is 0. The van der Waals surface area contributed by atoms with Gasteiger partial charge in [-0.25, -0.2) is 0 Å². The minimum atomic E-state index is -4.59. The maximum absolute atomic E-state index is 12.8. The van der Waals surface area contributed by atoms with Crippen molar-refractivity contribution < 1.29 is 27.7 Å². The summed E-state index contributed by atoms with van der Waals surface area (Å²) < 4.78 is 38.8. The van der Waals surface area contributed by atoms with E-state index in [1.165, 1.54) is 12.1 Å². The standard InChI is InChI=1S/C19H13ClF3N5O4S2/c1-9-2-3-10(6-14(9)28(31)32)16(30)25-17-26-27-18(34-17)33-8-15(29)24-13-7-11(19(21,22)23)4-5-12(13)20/h2-7H,8H2,1H3,(H,24,29)(H,25,26,30). The number of halogens is 4. The Morgan fingerprint density at radius 3 is 2.59 bits per heavy atom. The Labute approximate surface area is 202 Å². The summed E-state index contributed by atoms with van der Waals surface area (Å²) in [5.41, 5.74) is -0.879. The molecular weight excluding hydrogens is 519 g/mol. The summed E-state index contributed by atoms with van der Waals surface area (Å²) in [6, 6.07) is 6.60. The van der Waals surface area contributed by atoms with E-state index in [2.05, 4.69) is 20.8 Å². The first-order valence-corrected chi connectivity index (χ1v) is 11.3. The van der Waals surface area contributed by atoms with Crippen molar-refractivity contribution in [2.45, 2.75) is 17.4 Å². The van der Waals surface area contributed by atoms with Crippen LogP contribution in [0.2, 0.25) is 5.02 Å². The molecule has 15 heteroatoms. The first-order chi connectivity index (χ1) is 15.9. The molecule has 2 aromatic carbocycles. The second kappa shape index (κ2) is 10.4. The highest BCUT2D eigenvalue weighted by Gasteiger charge is 2.31. The molecule has 3 aromatic rings. The maximum atomic E-state index is 12.8. The van der Waals surface area contributed by atoms with Crippen molar-refractivity contribution in [3.8, 4) is 0 Å². The number of benzene rings is 2. The number of hydrogen-bond donors (Lipinski definition) is 2. The smallest absolute Gasteiger partial charge is 0.324 e. The zero-order valence-electron chi connectivity index (χ0n) is 17.0. The molecule has 2 N–H and O–H groups in total. The van der Waals surface area contributed by atoms with Crippen LogP contribution in [-0.4, -0.2) is 32.7 Å². The molecule has 0 unspecified atom stereocenters. The molecule has 9 nitrogen and oxygen atoms in total. The minimum Gasteiger partial charge on any atom is -0.324 e. The molecule has 0 radical (unpaired) electrons. The minimum absolute atomic E-state index is 0.0522. The fourth-order valence-corrected chi connectivity index (χ4v) is 4.26. The first kappa shape index (κ1) is 25.4. The molecule has 34 heavy (non-hydrogen) atoms. The predicted molar refractivity (Wildman–Crippen MR) is 122 cm³/mol. The summed E-state index contributed by atoms with van der Waals surface area (Å²) in [4.78, 5) is 34.9. The van der Waals surface area contributed by atoms with Gasteiger partial charge >= 0.3 is 6.18 Å². The Morgan fingerprint density at radius 1 is 1.18 bits per heavy atom. The predicted octanol–water partition coefficient (Wildman–Crippen LogP) is 5.41. The molecular formula is C19H13ClF3N5O4S2. The Kier molecular flexibility index (Phi) is 7.74. The highest BCUT2D eigenvalue weighted by Crippen LogP contribution is 2.34. The number of nitro groups is 1. The van der Waals surface area contributed by atoms with Gasteiger partial charge in [-0.05, 0) is 31.2 Å². The van der Waals surface area contributed by atoms with Crippen molar-refractivity contribution in [2.75, 3.05) is 16.4 Å². The molecule has 1 heterocycles. The lowest BCUT2D eigenvalue weighted by atomic mass is 10.1. The number of carbonyl (C=O) groups is 2. The largest absolute Gasteiger partial charge is 0.416 e. The SMILES string of the molecule is Cc1ccc(C(=O)Nc2nnc(SCC(=O)Nc3cc(C(F)(F)F)ccc3Cl)s2)cc1[N+](=O)[O-]. The van der Waals surface area contributed by atoms with Crippen LogP contribution in [-0.2, 0) is 11.0 Å². The van der Waals surface area contributed by atoms with Crippen LogP contribution in [0, 0.1) is 17.0 Å². The van der Waals surface area contributed by atoms with Crippen LogP contribution in [0.5, 0.6) is 0 Å². The molecule has 1 aromatic heterocycles. The van der Waals surface area contributed by atoms with Crippen molar-refractivity contribution in [2.24, 2.45) is 0 Å². The Morgan fingerprint density at radius 2 is 1.91 bits per heavy atom. The van der Waals surface area contributed by atoms with Gasteiger partial charge in [-0.2, -0.15) is 13.2 Å². The summed E-state index contributed by atoms with van der Waals surface area (Å²) in [6.45, 7) is 1.55. The number of nitrogens with zero attached hydrogens (tertiary/aromatic N) is 3. The van der Waals surface area contributed by atoms with Gasteiger partial charge in [-0.15, -0.1) is 10.2 Å². The molecule has 0 saturated heterocycles. The number of hydrogen-bond acceptors (Lipinski definition) is 8. The average Bonchev–Trinajstić information content (AvgIpc) is 3.20. The van der Waals surface area contributed by atoms with E-state index in [9.17, 15) is 32.9 Å². The second-order valence-electron chi connectivity index (χ2n) is 6.61. The summed E-state index contributed by atoms with van der Waals surface area (Å²) >= 11 is 7.75. The van der Waals surface area contributed by atoms with Crippen LogP contribution in [0.3, 0.4) is 0 Å². The summed E-state index contributed by atoms with van der Waals surface area (Å²) in [5.74, 6) is -1.47. The Hall–Kier alpha value is -3.23. The molecule has 178 valence electrons. The summed E-state index contributed by atoms with van der Waals surface area (Å²) in [6.07, 6.45) is -4.59. The number of nitrogens with one attached hydrogen (secondary N) is 2. The van der Waals surface area contributed by atoms with Gasteiger partial charge in [0.05, 0.1) is 26.9 Å². The summed E-state index contributed by atoms with van der Waals surface area (Å²) in [5, 5.41) is 23.5. The first-order valence-electron chi connectivity index (χ1n) is 9.13.